The second-order valence-corrected chi connectivity index (χ2v) is 13.5. The summed E-state index contributed by atoms with van der Waals surface area (Å²) in [7, 11) is 0. The number of oxazole rings is 2. The predicted molar refractivity (Wildman–Crippen MR) is 203 cm³/mol. The number of rotatable bonds is 8. The van der Waals surface area contributed by atoms with E-state index >= 15 is 0 Å². The molecule has 2 unspecified atom stereocenters. The van der Waals surface area contributed by atoms with Gasteiger partial charge in [0, 0.05) is 64.1 Å². The molecule has 284 valence electrons. The minimum absolute atomic E-state index is 0. The van der Waals surface area contributed by atoms with Gasteiger partial charge in [0.25, 0.3) is 12.0 Å². The SMILES string of the molecule is CC(C)(C)OC(=O)N1CCN(c2nc3ncccc3o2)C(COc2cccnc2)C1.Cl.c1cncc(OCC2CNCCN2c2nc3ncccc3o2)c1. The van der Waals surface area contributed by atoms with E-state index in [1.165, 1.54) is 0 Å². The standard InChI is InChI=1S/C21H25N5O4.C16H17N5O2.ClH/c1-21(2,3)30-20(27)25-10-11-26(19-24-18-17(29-19)7-5-9-23-18)15(13-25)14-28-16-6-4-8-22-12-16;1-3-13(10-17-5-1)22-11-12-9-18-7-8-21(12)16-20-15-14(23-16)4-2-6-19-15;/h4-9,12,15H,10-11,13-14H2,1-3H3;1-6,10,12,18H,7-9,11H2;1H. The highest BCUT2D eigenvalue weighted by atomic mass is 35.5. The molecule has 2 aliphatic rings. The summed E-state index contributed by atoms with van der Waals surface area (Å²) in [5.74, 6) is 1.42. The van der Waals surface area contributed by atoms with Crippen LogP contribution in [0.15, 0.2) is 94.5 Å². The van der Waals surface area contributed by atoms with Crippen molar-refractivity contribution in [3.63, 3.8) is 0 Å². The van der Waals surface area contributed by atoms with E-state index in [0.717, 1.165) is 25.4 Å². The molecule has 0 radical (unpaired) electrons. The number of amides is 1. The summed E-state index contributed by atoms with van der Waals surface area (Å²) in [6, 6.07) is 15.8. The Labute approximate surface area is 318 Å². The molecule has 0 bridgehead atoms. The quantitative estimate of drug-likeness (QED) is 0.219. The maximum absolute atomic E-state index is 12.6. The first-order valence-corrected chi connectivity index (χ1v) is 17.5. The Morgan fingerprint density at radius 1 is 0.778 bits per heavy atom. The first kappa shape index (κ1) is 38.0. The number of nitrogens with zero attached hydrogens (tertiary/aromatic N) is 9. The highest BCUT2D eigenvalue weighted by Crippen LogP contribution is 2.26. The first-order valence-electron chi connectivity index (χ1n) is 17.5. The van der Waals surface area contributed by atoms with Crippen molar-refractivity contribution in [1.82, 2.24) is 40.1 Å². The number of piperazine rings is 2. The highest BCUT2D eigenvalue weighted by Gasteiger charge is 2.35. The number of fused-ring (bicyclic) bond motifs is 2. The lowest BCUT2D eigenvalue weighted by molar-refractivity contribution is 0.0198. The lowest BCUT2D eigenvalue weighted by Crippen LogP contribution is -2.57. The molecule has 8 rings (SSSR count). The van der Waals surface area contributed by atoms with Crippen molar-refractivity contribution in [2.75, 3.05) is 62.3 Å². The molecule has 0 saturated carbocycles. The molecule has 2 aliphatic heterocycles. The van der Waals surface area contributed by atoms with Crippen LogP contribution < -0.4 is 24.6 Å². The van der Waals surface area contributed by atoms with Crippen LogP contribution in [0.4, 0.5) is 16.8 Å². The van der Waals surface area contributed by atoms with Gasteiger partial charge in [0.05, 0.1) is 24.5 Å². The van der Waals surface area contributed by atoms with Gasteiger partial charge in [0.1, 0.15) is 30.3 Å². The Morgan fingerprint density at radius 3 is 1.87 bits per heavy atom. The smallest absolute Gasteiger partial charge is 0.410 e. The van der Waals surface area contributed by atoms with Crippen molar-refractivity contribution < 1.29 is 27.8 Å². The molecule has 17 heteroatoms. The number of halogens is 1. The van der Waals surface area contributed by atoms with Crippen molar-refractivity contribution in [2.24, 2.45) is 0 Å². The third kappa shape index (κ3) is 9.62. The van der Waals surface area contributed by atoms with E-state index < -0.39 is 5.60 Å². The topological polar surface area (TPSA) is 170 Å². The van der Waals surface area contributed by atoms with E-state index in [2.05, 4.69) is 40.1 Å². The van der Waals surface area contributed by atoms with E-state index in [9.17, 15) is 4.79 Å². The largest absolute Gasteiger partial charge is 0.490 e. The molecule has 1 amide bonds. The van der Waals surface area contributed by atoms with Gasteiger partial charge in [0.2, 0.25) is 11.3 Å². The molecule has 0 aliphatic carbocycles. The molecule has 6 aromatic rings. The third-order valence-corrected chi connectivity index (χ3v) is 8.44. The summed E-state index contributed by atoms with van der Waals surface area (Å²) < 4.78 is 29.1. The van der Waals surface area contributed by atoms with Gasteiger partial charge in [-0.1, -0.05) is 0 Å². The van der Waals surface area contributed by atoms with Gasteiger partial charge in [-0.25, -0.2) is 14.8 Å². The van der Waals surface area contributed by atoms with Crippen LogP contribution in [0, 0.1) is 0 Å². The average molecular weight is 759 g/mol. The molecule has 2 atom stereocenters. The fourth-order valence-corrected chi connectivity index (χ4v) is 5.91. The van der Waals surface area contributed by atoms with Crippen LogP contribution >= 0.6 is 12.4 Å². The molecular weight excluding hydrogens is 716 g/mol. The van der Waals surface area contributed by atoms with Crippen LogP contribution in [0.25, 0.3) is 22.5 Å². The van der Waals surface area contributed by atoms with Gasteiger partial charge in [-0.05, 0) is 69.3 Å². The maximum atomic E-state index is 12.6. The lowest BCUT2D eigenvalue weighted by Gasteiger charge is -2.40. The van der Waals surface area contributed by atoms with E-state index in [0.29, 0.717) is 73.1 Å². The molecule has 0 spiro atoms. The summed E-state index contributed by atoms with van der Waals surface area (Å²) in [5, 5.41) is 3.38. The molecule has 16 nitrogen and oxygen atoms in total. The zero-order chi connectivity index (χ0) is 36.6. The first-order chi connectivity index (χ1) is 25.8. The molecule has 54 heavy (non-hydrogen) atoms. The van der Waals surface area contributed by atoms with Crippen molar-refractivity contribution in [2.45, 2.75) is 38.5 Å². The minimum atomic E-state index is -0.554. The number of carbonyl (C=O) groups excluding carboxylic acids is 1. The normalized spacial score (nSPS) is 17.4. The van der Waals surface area contributed by atoms with Crippen LogP contribution in [0.2, 0.25) is 0 Å². The van der Waals surface area contributed by atoms with Gasteiger partial charge in [0.15, 0.2) is 11.2 Å². The Balaban J connectivity index is 0.000000187. The van der Waals surface area contributed by atoms with Crippen molar-refractivity contribution in [1.29, 1.82) is 0 Å². The van der Waals surface area contributed by atoms with Crippen LogP contribution in [-0.2, 0) is 4.74 Å². The minimum Gasteiger partial charge on any atom is -0.490 e. The number of hydrogen-bond acceptors (Lipinski definition) is 15. The fraction of sp³-hybridized carbons (Fsp3) is 0.378. The van der Waals surface area contributed by atoms with Gasteiger partial charge >= 0.3 is 6.09 Å². The Hall–Kier alpha value is -5.74. The molecular formula is C37H43ClN10O6. The number of anilines is 2. The second kappa shape index (κ2) is 17.4. The van der Waals surface area contributed by atoms with Crippen molar-refractivity contribution >= 4 is 53.0 Å². The predicted octanol–water partition coefficient (Wildman–Crippen LogP) is 5.02. The number of nitrogens with one attached hydrogen (secondary N) is 1. The molecule has 1 N–H and O–H groups in total. The summed E-state index contributed by atoms with van der Waals surface area (Å²) >= 11 is 0. The average Bonchev–Trinajstić information content (AvgIpc) is 3.82. The summed E-state index contributed by atoms with van der Waals surface area (Å²) in [6.07, 6.45) is 9.84. The lowest BCUT2D eigenvalue weighted by atomic mass is 10.2. The number of pyridine rings is 4. The van der Waals surface area contributed by atoms with Crippen LogP contribution in [-0.4, -0.2) is 111 Å². The van der Waals surface area contributed by atoms with Crippen LogP contribution in [0.1, 0.15) is 20.8 Å². The number of carbonyl (C=O) groups is 1. The van der Waals surface area contributed by atoms with E-state index in [4.69, 9.17) is 23.0 Å². The molecule has 6 aromatic heterocycles. The van der Waals surface area contributed by atoms with E-state index in [-0.39, 0.29) is 30.6 Å². The highest BCUT2D eigenvalue weighted by molar-refractivity contribution is 5.85. The zero-order valence-corrected chi connectivity index (χ0v) is 31.1. The Morgan fingerprint density at radius 2 is 1.33 bits per heavy atom. The number of ether oxygens (including phenoxy) is 3. The van der Waals surface area contributed by atoms with Crippen molar-refractivity contribution in [3.05, 3.63) is 85.7 Å². The van der Waals surface area contributed by atoms with Gasteiger partial charge in [-0.2, -0.15) is 9.97 Å². The van der Waals surface area contributed by atoms with Gasteiger partial charge < -0.3 is 43.1 Å². The molecule has 2 saturated heterocycles. The monoisotopic (exact) mass is 758 g/mol. The van der Waals surface area contributed by atoms with Gasteiger partial charge in [-0.3, -0.25) is 9.97 Å². The zero-order valence-electron chi connectivity index (χ0n) is 30.3. The Bertz CT molecular complexity index is 2010. The number of aromatic nitrogens is 6. The Kier molecular flexibility index (Phi) is 12.2. The van der Waals surface area contributed by atoms with Crippen LogP contribution in [0.5, 0.6) is 11.5 Å². The third-order valence-electron chi connectivity index (χ3n) is 8.44. The summed E-state index contributed by atoms with van der Waals surface area (Å²) in [5.41, 5.74) is 1.95. The molecule has 2 fully saturated rings. The fourth-order valence-electron chi connectivity index (χ4n) is 5.91. The summed E-state index contributed by atoms with van der Waals surface area (Å²) in [6.45, 7) is 10.4. The van der Waals surface area contributed by atoms with Crippen molar-refractivity contribution in [3.8, 4) is 11.5 Å². The second-order valence-electron chi connectivity index (χ2n) is 13.5. The van der Waals surface area contributed by atoms with Crippen LogP contribution in [0.3, 0.4) is 0 Å². The summed E-state index contributed by atoms with van der Waals surface area (Å²) in [4.78, 5) is 44.1. The van der Waals surface area contributed by atoms with E-state index in [1.807, 2.05) is 68.1 Å². The van der Waals surface area contributed by atoms with Gasteiger partial charge in [-0.15, -0.1) is 12.4 Å². The molecule has 8 heterocycles. The van der Waals surface area contributed by atoms with E-state index in [1.54, 1.807) is 48.1 Å². The number of hydrogen-bond donors (Lipinski definition) is 1. The molecule has 0 aromatic carbocycles. The maximum Gasteiger partial charge on any atom is 0.410 e.